The number of benzene rings is 1. The maximum atomic E-state index is 12.6. The predicted molar refractivity (Wildman–Crippen MR) is 91.0 cm³/mol. The van der Waals surface area contributed by atoms with E-state index in [0.717, 1.165) is 24.8 Å². The van der Waals surface area contributed by atoms with E-state index in [1.165, 1.54) is 0 Å². The number of amides is 1. The topological polar surface area (TPSA) is 86.5 Å². The van der Waals surface area contributed by atoms with Crippen molar-refractivity contribution in [3.63, 3.8) is 0 Å². The molecule has 1 heterocycles. The smallest absolute Gasteiger partial charge is 0.249 e. The predicted octanol–water partition coefficient (Wildman–Crippen LogP) is 2.74. The third kappa shape index (κ3) is 3.37. The molecule has 1 aliphatic carbocycles. The van der Waals surface area contributed by atoms with Crippen LogP contribution in [-0.4, -0.2) is 36.9 Å². The Kier molecular flexibility index (Phi) is 5.03. The van der Waals surface area contributed by atoms with Crippen molar-refractivity contribution in [3.8, 4) is 17.1 Å². The van der Waals surface area contributed by atoms with Crippen molar-refractivity contribution < 1.29 is 18.8 Å². The van der Waals surface area contributed by atoms with Gasteiger partial charge in [0.2, 0.25) is 17.6 Å². The van der Waals surface area contributed by atoms with Crippen LogP contribution in [0.1, 0.15) is 38.1 Å². The number of carbonyl (C=O) groups is 1. The van der Waals surface area contributed by atoms with Gasteiger partial charge in [-0.05, 0) is 31.9 Å². The lowest BCUT2D eigenvalue weighted by atomic mass is 9.68. The number of ether oxygens (including phenoxy) is 2. The highest BCUT2D eigenvalue weighted by atomic mass is 16.5. The second-order valence-electron chi connectivity index (χ2n) is 6.42. The van der Waals surface area contributed by atoms with Gasteiger partial charge in [0.05, 0.1) is 24.7 Å². The van der Waals surface area contributed by atoms with Crippen molar-refractivity contribution in [2.24, 2.45) is 5.41 Å². The summed E-state index contributed by atoms with van der Waals surface area (Å²) >= 11 is 0. The van der Waals surface area contributed by atoms with Crippen LogP contribution in [0.25, 0.3) is 11.4 Å². The number of methoxy groups -OCH3 is 2. The van der Waals surface area contributed by atoms with Gasteiger partial charge in [-0.2, -0.15) is 4.98 Å². The van der Waals surface area contributed by atoms with Gasteiger partial charge < -0.3 is 19.3 Å². The van der Waals surface area contributed by atoms with Crippen molar-refractivity contribution in [3.05, 3.63) is 30.2 Å². The van der Waals surface area contributed by atoms with Crippen molar-refractivity contribution in [1.82, 2.24) is 15.5 Å². The summed E-state index contributed by atoms with van der Waals surface area (Å²) in [5.74, 6) is 1.44. The summed E-state index contributed by atoms with van der Waals surface area (Å²) in [6.07, 6.45) is 2.73. The van der Waals surface area contributed by atoms with Crippen LogP contribution in [0, 0.1) is 5.41 Å². The van der Waals surface area contributed by atoms with Gasteiger partial charge in [0.1, 0.15) is 11.8 Å². The minimum atomic E-state index is -0.422. The molecule has 1 N–H and O–H groups in total. The molecular formula is C18H23N3O4. The molecule has 0 bridgehead atoms. The van der Waals surface area contributed by atoms with Crippen molar-refractivity contribution in [1.29, 1.82) is 0 Å². The number of nitrogens with one attached hydrogen (secondary N) is 1. The first-order chi connectivity index (χ1) is 12.1. The Labute approximate surface area is 146 Å². The van der Waals surface area contributed by atoms with Gasteiger partial charge >= 0.3 is 0 Å². The molecule has 1 aromatic heterocycles. The van der Waals surface area contributed by atoms with Crippen LogP contribution in [0.3, 0.4) is 0 Å². The van der Waals surface area contributed by atoms with Gasteiger partial charge in [0, 0.05) is 7.11 Å². The number of para-hydroxylation sites is 1. The SMILES string of the molecule is COCC1(C(=O)NC(C)c2nc(-c3ccccc3OC)no2)CCC1. The molecule has 1 atom stereocenters. The van der Waals surface area contributed by atoms with E-state index in [-0.39, 0.29) is 11.9 Å². The molecule has 25 heavy (non-hydrogen) atoms. The molecule has 2 aromatic rings. The van der Waals surface area contributed by atoms with Crippen LogP contribution >= 0.6 is 0 Å². The Balaban J connectivity index is 1.72. The molecule has 3 rings (SSSR count). The molecular weight excluding hydrogens is 322 g/mol. The first kappa shape index (κ1) is 17.4. The Bertz CT molecular complexity index is 739. The third-order valence-electron chi connectivity index (χ3n) is 4.72. The minimum Gasteiger partial charge on any atom is -0.496 e. The zero-order valence-corrected chi connectivity index (χ0v) is 14.7. The number of nitrogens with zero attached hydrogens (tertiary/aromatic N) is 2. The monoisotopic (exact) mass is 345 g/mol. The highest BCUT2D eigenvalue weighted by molar-refractivity contribution is 5.84. The van der Waals surface area contributed by atoms with Crippen molar-refractivity contribution in [2.75, 3.05) is 20.8 Å². The molecule has 1 aromatic carbocycles. The molecule has 0 aliphatic heterocycles. The Morgan fingerprint density at radius 3 is 2.76 bits per heavy atom. The lowest BCUT2D eigenvalue weighted by Crippen LogP contribution is -2.49. The maximum absolute atomic E-state index is 12.6. The molecule has 1 fully saturated rings. The summed E-state index contributed by atoms with van der Waals surface area (Å²) in [6.45, 7) is 2.26. The Hall–Kier alpha value is -2.41. The lowest BCUT2D eigenvalue weighted by molar-refractivity contribution is -0.141. The Morgan fingerprint density at radius 2 is 2.12 bits per heavy atom. The van der Waals surface area contributed by atoms with Crippen molar-refractivity contribution >= 4 is 5.91 Å². The highest BCUT2D eigenvalue weighted by Gasteiger charge is 2.44. The molecule has 0 saturated heterocycles. The van der Waals surface area contributed by atoms with Gasteiger partial charge in [0.15, 0.2) is 0 Å². The highest BCUT2D eigenvalue weighted by Crippen LogP contribution is 2.41. The molecule has 134 valence electrons. The standard InChI is InChI=1S/C18H23N3O4/c1-12(19-17(22)18(11-23-2)9-6-10-18)16-20-15(21-25-16)13-7-4-5-8-14(13)24-3/h4-5,7-8,12H,6,9-11H2,1-3H3,(H,19,22). The van der Waals surface area contributed by atoms with Crippen LogP contribution in [0.15, 0.2) is 28.8 Å². The Morgan fingerprint density at radius 1 is 1.36 bits per heavy atom. The summed E-state index contributed by atoms with van der Waals surface area (Å²) in [6, 6.07) is 7.07. The van der Waals surface area contributed by atoms with Crippen LogP contribution in [0.2, 0.25) is 0 Å². The summed E-state index contributed by atoms with van der Waals surface area (Å²) < 4.78 is 15.9. The minimum absolute atomic E-state index is 0.0230. The number of carbonyl (C=O) groups excluding carboxylic acids is 1. The molecule has 7 heteroatoms. The molecule has 1 amide bonds. The van der Waals surface area contributed by atoms with Crippen LogP contribution in [0.5, 0.6) is 5.75 Å². The average Bonchev–Trinajstić information content (AvgIpc) is 3.07. The molecule has 1 unspecified atom stereocenters. The fourth-order valence-corrected chi connectivity index (χ4v) is 3.08. The second kappa shape index (κ2) is 7.23. The lowest BCUT2D eigenvalue weighted by Gasteiger charge is -2.39. The first-order valence-electron chi connectivity index (χ1n) is 8.36. The zero-order chi connectivity index (χ0) is 17.9. The van der Waals surface area contributed by atoms with Gasteiger partial charge in [-0.3, -0.25) is 4.79 Å². The fourth-order valence-electron chi connectivity index (χ4n) is 3.08. The van der Waals surface area contributed by atoms with E-state index in [0.29, 0.717) is 24.1 Å². The van der Waals surface area contributed by atoms with Crippen molar-refractivity contribution in [2.45, 2.75) is 32.2 Å². The normalized spacial score (nSPS) is 16.8. The second-order valence-corrected chi connectivity index (χ2v) is 6.42. The van der Waals surface area contributed by atoms with E-state index in [4.69, 9.17) is 14.0 Å². The maximum Gasteiger partial charge on any atom is 0.249 e. The van der Waals surface area contributed by atoms with E-state index in [1.807, 2.05) is 31.2 Å². The quantitative estimate of drug-likeness (QED) is 0.830. The van der Waals surface area contributed by atoms with Gasteiger partial charge in [-0.1, -0.05) is 23.7 Å². The van der Waals surface area contributed by atoms with Gasteiger partial charge in [-0.15, -0.1) is 0 Å². The summed E-state index contributed by atoms with van der Waals surface area (Å²) in [7, 11) is 3.21. The molecule has 1 saturated carbocycles. The van der Waals surface area contributed by atoms with E-state index in [9.17, 15) is 4.79 Å². The van der Waals surface area contributed by atoms with E-state index < -0.39 is 5.41 Å². The third-order valence-corrected chi connectivity index (χ3v) is 4.72. The van der Waals surface area contributed by atoms with Gasteiger partial charge in [0.25, 0.3) is 0 Å². The largest absolute Gasteiger partial charge is 0.496 e. The summed E-state index contributed by atoms with van der Waals surface area (Å²) in [5.41, 5.74) is 0.322. The van der Waals surface area contributed by atoms with Crippen LogP contribution in [0.4, 0.5) is 0 Å². The zero-order valence-electron chi connectivity index (χ0n) is 14.7. The molecule has 1 aliphatic rings. The number of hydrogen-bond donors (Lipinski definition) is 1. The summed E-state index contributed by atoms with van der Waals surface area (Å²) in [4.78, 5) is 17.0. The first-order valence-corrected chi connectivity index (χ1v) is 8.36. The number of rotatable bonds is 7. The molecule has 0 spiro atoms. The average molecular weight is 345 g/mol. The number of aromatic nitrogens is 2. The fraction of sp³-hybridized carbons (Fsp3) is 0.500. The van der Waals surface area contributed by atoms with Crippen LogP contribution < -0.4 is 10.1 Å². The van der Waals surface area contributed by atoms with E-state index >= 15 is 0 Å². The van der Waals surface area contributed by atoms with Gasteiger partial charge in [-0.25, -0.2) is 0 Å². The number of hydrogen-bond acceptors (Lipinski definition) is 6. The molecule has 7 nitrogen and oxygen atoms in total. The van der Waals surface area contributed by atoms with E-state index in [1.54, 1.807) is 14.2 Å². The van der Waals surface area contributed by atoms with E-state index in [2.05, 4.69) is 15.5 Å². The molecule has 0 radical (unpaired) electrons. The summed E-state index contributed by atoms with van der Waals surface area (Å²) in [5, 5.41) is 6.98. The van der Waals surface area contributed by atoms with Crippen LogP contribution in [-0.2, 0) is 9.53 Å².